The second-order valence-electron chi connectivity index (χ2n) is 5.07. The summed E-state index contributed by atoms with van der Waals surface area (Å²) in [6.07, 6.45) is 0. The van der Waals surface area contributed by atoms with Crippen molar-refractivity contribution in [2.75, 3.05) is 28.4 Å². The van der Waals surface area contributed by atoms with Gasteiger partial charge in [0.15, 0.2) is 11.5 Å². The van der Waals surface area contributed by atoms with Crippen molar-refractivity contribution in [3.05, 3.63) is 45.9 Å². The fourth-order valence-electron chi connectivity index (χ4n) is 2.39. The van der Waals surface area contributed by atoms with Crippen LogP contribution in [0.25, 0.3) is 0 Å². The van der Waals surface area contributed by atoms with Gasteiger partial charge in [0.1, 0.15) is 5.75 Å². The van der Waals surface area contributed by atoms with Gasteiger partial charge in [0.25, 0.3) is 0 Å². The first-order chi connectivity index (χ1) is 11.6. The van der Waals surface area contributed by atoms with Gasteiger partial charge >= 0.3 is 0 Å². The third kappa shape index (κ3) is 4.13. The lowest BCUT2D eigenvalue weighted by molar-refractivity contribution is 0.322. The Morgan fingerprint density at radius 1 is 0.833 bits per heavy atom. The Bertz CT molecular complexity index is 674. The Morgan fingerprint density at radius 2 is 1.50 bits per heavy atom. The summed E-state index contributed by atoms with van der Waals surface area (Å²) < 4.78 is 22.2. The van der Waals surface area contributed by atoms with Crippen molar-refractivity contribution in [1.82, 2.24) is 5.32 Å². The monoisotopic (exact) mass is 395 g/mol. The summed E-state index contributed by atoms with van der Waals surface area (Å²) >= 11 is 3.58. The van der Waals surface area contributed by atoms with Gasteiger partial charge in [-0.25, -0.2) is 0 Å². The van der Waals surface area contributed by atoms with E-state index >= 15 is 0 Å². The van der Waals surface area contributed by atoms with Crippen molar-refractivity contribution in [1.29, 1.82) is 0 Å². The maximum atomic E-state index is 5.45. The second-order valence-corrected chi connectivity index (χ2v) is 5.86. The van der Waals surface area contributed by atoms with E-state index in [0.29, 0.717) is 23.8 Å². The van der Waals surface area contributed by atoms with E-state index < -0.39 is 0 Å². The molecule has 0 amide bonds. The van der Waals surface area contributed by atoms with Crippen LogP contribution in [-0.2, 0) is 13.1 Å². The van der Waals surface area contributed by atoms with Crippen LogP contribution >= 0.6 is 15.9 Å². The highest BCUT2D eigenvalue weighted by Gasteiger charge is 2.18. The SMILES string of the molecule is COc1ccc(CNCc2cc(OC)c(OC)c(OC)c2Br)cc1. The summed E-state index contributed by atoms with van der Waals surface area (Å²) in [5.41, 5.74) is 2.21. The highest BCUT2D eigenvalue weighted by molar-refractivity contribution is 9.10. The van der Waals surface area contributed by atoms with Crippen LogP contribution in [0, 0.1) is 0 Å². The maximum Gasteiger partial charge on any atom is 0.204 e. The molecule has 0 spiro atoms. The van der Waals surface area contributed by atoms with Crippen LogP contribution in [0.4, 0.5) is 0 Å². The smallest absolute Gasteiger partial charge is 0.204 e. The van der Waals surface area contributed by atoms with E-state index in [-0.39, 0.29) is 0 Å². The van der Waals surface area contributed by atoms with E-state index in [9.17, 15) is 0 Å². The Morgan fingerprint density at radius 3 is 2.04 bits per heavy atom. The largest absolute Gasteiger partial charge is 0.497 e. The summed E-state index contributed by atoms with van der Waals surface area (Å²) in [6.45, 7) is 1.40. The summed E-state index contributed by atoms with van der Waals surface area (Å²) in [4.78, 5) is 0. The first kappa shape index (κ1) is 18.4. The molecule has 0 saturated carbocycles. The van der Waals surface area contributed by atoms with E-state index in [2.05, 4.69) is 21.2 Å². The Labute approximate surface area is 151 Å². The van der Waals surface area contributed by atoms with Crippen molar-refractivity contribution >= 4 is 15.9 Å². The van der Waals surface area contributed by atoms with Gasteiger partial charge in [-0.3, -0.25) is 0 Å². The normalized spacial score (nSPS) is 10.4. The standard InChI is InChI=1S/C18H22BrNO4/c1-21-14-7-5-12(6-8-14)10-20-11-13-9-15(22-2)17(23-3)18(24-4)16(13)19/h5-9,20H,10-11H2,1-4H3. The third-order valence-corrected chi connectivity index (χ3v) is 4.52. The molecule has 0 atom stereocenters. The van der Waals surface area contributed by atoms with Gasteiger partial charge in [-0.1, -0.05) is 12.1 Å². The number of methoxy groups -OCH3 is 4. The quantitative estimate of drug-likeness (QED) is 0.736. The molecule has 2 aromatic carbocycles. The molecular weight excluding hydrogens is 374 g/mol. The number of nitrogens with one attached hydrogen (secondary N) is 1. The Balaban J connectivity index is 2.11. The van der Waals surface area contributed by atoms with E-state index in [1.807, 2.05) is 30.3 Å². The average molecular weight is 396 g/mol. The van der Waals surface area contributed by atoms with E-state index in [1.165, 1.54) is 5.56 Å². The molecule has 0 radical (unpaired) electrons. The van der Waals surface area contributed by atoms with Crippen molar-refractivity contribution in [2.24, 2.45) is 0 Å². The third-order valence-electron chi connectivity index (χ3n) is 3.65. The van der Waals surface area contributed by atoms with Crippen molar-refractivity contribution in [2.45, 2.75) is 13.1 Å². The summed E-state index contributed by atoms with van der Waals surface area (Å²) in [5, 5.41) is 3.41. The number of hydrogen-bond acceptors (Lipinski definition) is 5. The number of halogens is 1. The predicted molar refractivity (Wildman–Crippen MR) is 97.3 cm³/mol. The van der Waals surface area contributed by atoms with Crippen LogP contribution in [-0.4, -0.2) is 28.4 Å². The summed E-state index contributed by atoms with van der Waals surface area (Å²) in [5.74, 6) is 2.69. The summed E-state index contributed by atoms with van der Waals surface area (Å²) in [7, 11) is 6.47. The van der Waals surface area contributed by atoms with Crippen LogP contribution in [0.1, 0.15) is 11.1 Å². The van der Waals surface area contributed by atoms with Crippen molar-refractivity contribution in [3.8, 4) is 23.0 Å². The first-order valence-corrected chi connectivity index (χ1v) is 8.24. The Hall–Kier alpha value is -1.92. The molecule has 130 valence electrons. The highest BCUT2D eigenvalue weighted by Crippen LogP contribution is 2.44. The molecule has 5 nitrogen and oxygen atoms in total. The molecule has 0 aliphatic rings. The van der Waals surface area contributed by atoms with Gasteiger partial charge in [-0.15, -0.1) is 0 Å². The molecule has 2 aromatic rings. The molecule has 0 bridgehead atoms. The molecule has 0 fully saturated rings. The fraction of sp³-hybridized carbons (Fsp3) is 0.333. The molecule has 1 N–H and O–H groups in total. The summed E-state index contributed by atoms with van der Waals surface area (Å²) in [6, 6.07) is 9.91. The predicted octanol–water partition coefficient (Wildman–Crippen LogP) is 3.77. The zero-order valence-corrected chi connectivity index (χ0v) is 15.9. The van der Waals surface area contributed by atoms with Gasteiger partial charge in [-0.05, 0) is 45.3 Å². The highest BCUT2D eigenvalue weighted by atomic mass is 79.9. The van der Waals surface area contributed by atoms with Crippen LogP contribution in [0.2, 0.25) is 0 Å². The van der Waals surface area contributed by atoms with Gasteiger partial charge < -0.3 is 24.3 Å². The van der Waals surface area contributed by atoms with Gasteiger partial charge in [-0.2, -0.15) is 0 Å². The minimum atomic E-state index is 0.575. The molecule has 0 aliphatic carbocycles. The maximum absolute atomic E-state index is 5.45. The topological polar surface area (TPSA) is 49.0 Å². The number of hydrogen-bond donors (Lipinski definition) is 1. The molecule has 0 unspecified atom stereocenters. The average Bonchev–Trinajstić information content (AvgIpc) is 2.62. The lowest BCUT2D eigenvalue weighted by atomic mass is 10.1. The molecular formula is C18H22BrNO4. The minimum absolute atomic E-state index is 0.575. The molecule has 0 saturated heterocycles. The van der Waals surface area contributed by atoms with Crippen molar-refractivity contribution < 1.29 is 18.9 Å². The second kappa shape index (κ2) is 8.80. The molecule has 0 aromatic heterocycles. The fourth-order valence-corrected chi connectivity index (χ4v) is 2.98. The number of ether oxygens (including phenoxy) is 4. The zero-order valence-electron chi connectivity index (χ0n) is 14.3. The number of rotatable bonds is 8. The van der Waals surface area contributed by atoms with Crippen LogP contribution in [0.3, 0.4) is 0 Å². The van der Waals surface area contributed by atoms with Gasteiger partial charge in [0.2, 0.25) is 5.75 Å². The minimum Gasteiger partial charge on any atom is -0.497 e. The van der Waals surface area contributed by atoms with Crippen molar-refractivity contribution in [3.63, 3.8) is 0 Å². The van der Waals surface area contributed by atoms with E-state index in [1.54, 1.807) is 28.4 Å². The molecule has 24 heavy (non-hydrogen) atoms. The van der Waals surface area contributed by atoms with Gasteiger partial charge in [0.05, 0.1) is 32.9 Å². The zero-order chi connectivity index (χ0) is 17.5. The Kier molecular flexibility index (Phi) is 6.75. The number of benzene rings is 2. The van der Waals surface area contributed by atoms with Crippen LogP contribution in [0.5, 0.6) is 23.0 Å². The van der Waals surface area contributed by atoms with E-state index in [0.717, 1.165) is 22.3 Å². The molecule has 2 rings (SSSR count). The molecule has 0 aliphatic heterocycles. The van der Waals surface area contributed by atoms with Crippen LogP contribution < -0.4 is 24.3 Å². The lowest BCUT2D eigenvalue weighted by Crippen LogP contribution is -2.13. The first-order valence-electron chi connectivity index (χ1n) is 7.45. The van der Waals surface area contributed by atoms with Crippen LogP contribution in [0.15, 0.2) is 34.8 Å². The lowest BCUT2D eigenvalue weighted by Gasteiger charge is -2.17. The molecule has 6 heteroatoms. The van der Waals surface area contributed by atoms with Gasteiger partial charge in [0, 0.05) is 13.1 Å². The van der Waals surface area contributed by atoms with E-state index in [4.69, 9.17) is 18.9 Å². The molecule has 0 heterocycles.